The topological polar surface area (TPSA) is 29.5 Å². The third-order valence-electron chi connectivity index (χ3n) is 2.36. The van der Waals surface area contributed by atoms with Gasteiger partial charge in [-0.3, -0.25) is 0 Å². The maximum Gasteiger partial charge on any atom is 0.123 e. The lowest BCUT2D eigenvalue weighted by Gasteiger charge is -2.12. The van der Waals surface area contributed by atoms with Crippen LogP contribution in [0.15, 0.2) is 18.2 Å². The van der Waals surface area contributed by atoms with Crippen molar-refractivity contribution in [2.45, 2.75) is 26.7 Å². The van der Waals surface area contributed by atoms with E-state index in [1.165, 1.54) is 12.1 Å². The first-order valence-electron chi connectivity index (χ1n) is 5.65. The average molecular weight is 226 g/mol. The molecule has 0 unspecified atom stereocenters. The molecule has 0 heterocycles. The van der Waals surface area contributed by atoms with Gasteiger partial charge in [0, 0.05) is 6.61 Å². The highest BCUT2D eigenvalue weighted by molar-refractivity contribution is 5.34. The van der Waals surface area contributed by atoms with E-state index in [2.05, 4.69) is 13.8 Å². The van der Waals surface area contributed by atoms with E-state index in [0.717, 1.165) is 12.0 Å². The van der Waals surface area contributed by atoms with E-state index in [4.69, 9.17) is 9.84 Å². The van der Waals surface area contributed by atoms with E-state index < -0.39 is 0 Å². The second kappa shape index (κ2) is 6.48. The zero-order valence-electron chi connectivity index (χ0n) is 9.87. The van der Waals surface area contributed by atoms with Crippen LogP contribution in [0.5, 0.6) is 5.75 Å². The number of aliphatic hydroxyl groups is 1. The molecule has 0 fully saturated rings. The van der Waals surface area contributed by atoms with Crippen LogP contribution in [0.2, 0.25) is 0 Å². The summed E-state index contributed by atoms with van der Waals surface area (Å²) in [5.74, 6) is 0.970. The van der Waals surface area contributed by atoms with E-state index in [9.17, 15) is 4.39 Å². The van der Waals surface area contributed by atoms with Crippen LogP contribution in [0, 0.1) is 11.7 Å². The molecule has 0 bridgehead atoms. The van der Waals surface area contributed by atoms with Gasteiger partial charge in [-0.1, -0.05) is 13.8 Å². The lowest BCUT2D eigenvalue weighted by Crippen LogP contribution is -2.04. The van der Waals surface area contributed by atoms with Crippen LogP contribution in [-0.4, -0.2) is 18.3 Å². The number of hydrogen-bond donors (Lipinski definition) is 1. The smallest absolute Gasteiger partial charge is 0.123 e. The molecule has 0 amide bonds. The minimum Gasteiger partial charge on any atom is -0.493 e. The summed E-state index contributed by atoms with van der Waals surface area (Å²) in [5.41, 5.74) is 0.728. The van der Waals surface area contributed by atoms with Crippen LogP contribution in [0.3, 0.4) is 0 Å². The minimum atomic E-state index is -0.292. The molecule has 1 rings (SSSR count). The quantitative estimate of drug-likeness (QED) is 0.808. The Hall–Kier alpha value is -1.09. The Morgan fingerprint density at radius 1 is 1.38 bits per heavy atom. The van der Waals surface area contributed by atoms with Crippen LogP contribution in [-0.2, 0) is 6.42 Å². The summed E-state index contributed by atoms with van der Waals surface area (Å²) in [4.78, 5) is 0. The molecular weight excluding hydrogens is 207 g/mol. The second-order valence-electron chi connectivity index (χ2n) is 4.26. The molecule has 0 aliphatic carbocycles. The van der Waals surface area contributed by atoms with E-state index in [1.54, 1.807) is 6.07 Å². The highest BCUT2D eigenvalue weighted by Crippen LogP contribution is 2.20. The second-order valence-corrected chi connectivity index (χ2v) is 4.26. The molecular formula is C13H19FO2. The molecule has 0 radical (unpaired) electrons. The van der Waals surface area contributed by atoms with Gasteiger partial charge in [0.25, 0.3) is 0 Å². The summed E-state index contributed by atoms with van der Waals surface area (Å²) < 4.78 is 18.6. The SMILES string of the molecule is CC(C)CCOc1ccc(F)cc1CCO. The van der Waals surface area contributed by atoms with Gasteiger partial charge in [-0.15, -0.1) is 0 Å². The molecule has 0 saturated carbocycles. The van der Waals surface area contributed by atoms with Gasteiger partial charge in [0.1, 0.15) is 11.6 Å². The van der Waals surface area contributed by atoms with Crippen molar-refractivity contribution in [2.24, 2.45) is 5.92 Å². The molecule has 3 heteroatoms. The first-order valence-corrected chi connectivity index (χ1v) is 5.65. The molecule has 1 N–H and O–H groups in total. The number of benzene rings is 1. The standard InChI is InChI=1S/C13H19FO2/c1-10(2)6-8-16-13-4-3-12(14)9-11(13)5-7-15/h3-4,9-10,15H,5-8H2,1-2H3. The van der Waals surface area contributed by atoms with Crippen molar-refractivity contribution in [3.05, 3.63) is 29.6 Å². The van der Waals surface area contributed by atoms with Crippen LogP contribution in [0.4, 0.5) is 4.39 Å². The summed E-state index contributed by atoms with van der Waals surface area (Å²) in [5, 5.41) is 8.87. The fourth-order valence-corrected chi connectivity index (χ4v) is 1.41. The van der Waals surface area contributed by atoms with Crippen LogP contribution in [0.25, 0.3) is 0 Å². The number of ether oxygens (including phenoxy) is 1. The summed E-state index contributed by atoms with van der Waals surface area (Å²) in [6, 6.07) is 4.42. The van der Waals surface area contributed by atoms with E-state index in [-0.39, 0.29) is 12.4 Å². The predicted molar refractivity (Wildman–Crippen MR) is 62.1 cm³/mol. The summed E-state index contributed by atoms with van der Waals surface area (Å²) >= 11 is 0. The normalized spacial score (nSPS) is 10.8. The number of halogens is 1. The third-order valence-corrected chi connectivity index (χ3v) is 2.36. The van der Waals surface area contributed by atoms with Gasteiger partial charge in [-0.2, -0.15) is 0 Å². The van der Waals surface area contributed by atoms with Gasteiger partial charge in [-0.25, -0.2) is 4.39 Å². The zero-order valence-corrected chi connectivity index (χ0v) is 9.87. The fraction of sp³-hybridized carbons (Fsp3) is 0.538. The van der Waals surface area contributed by atoms with E-state index >= 15 is 0 Å². The van der Waals surface area contributed by atoms with Crippen LogP contribution < -0.4 is 4.74 Å². The van der Waals surface area contributed by atoms with Crippen LogP contribution >= 0.6 is 0 Å². The molecule has 0 spiro atoms. The van der Waals surface area contributed by atoms with Crippen molar-refractivity contribution >= 4 is 0 Å². The Kier molecular flexibility index (Phi) is 5.26. The number of rotatable bonds is 6. The first kappa shape index (κ1) is 13.0. The minimum absolute atomic E-state index is 0.00396. The van der Waals surface area contributed by atoms with Crippen molar-refractivity contribution in [3.63, 3.8) is 0 Å². The van der Waals surface area contributed by atoms with Crippen LogP contribution in [0.1, 0.15) is 25.8 Å². The maximum absolute atomic E-state index is 13.0. The fourth-order valence-electron chi connectivity index (χ4n) is 1.41. The number of hydrogen-bond acceptors (Lipinski definition) is 2. The molecule has 1 aromatic rings. The summed E-state index contributed by atoms with van der Waals surface area (Å²) in [6.45, 7) is 4.89. The Balaban J connectivity index is 2.63. The average Bonchev–Trinajstić information content (AvgIpc) is 2.21. The Bertz CT molecular complexity index is 324. The van der Waals surface area contributed by atoms with Gasteiger partial charge < -0.3 is 9.84 Å². The van der Waals surface area contributed by atoms with Gasteiger partial charge in [0.15, 0.2) is 0 Å². The number of aliphatic hydroxyl groups excluding tert-OH is 1. The van der Waals surface area contributed by atoms with E-state index in [1.807, 2.05) is 0 Å². The van der Waals surface area contributed by atoms with Gasteiger partial charge in [-0.05, 0) is 42.5 Å². The van der Waals surface area contributed by atoms with Crippen molar-refractivity contribution < 1.29 is 14.2 Å². The first-order chi connectivity index (χ1) is 7.63. The molecule has 0 saturated heterocycles. The maximum atomic E-state index is 13.0. The summed E-state index contributed by atoms with van der Waals surface area (Å²) in [6.07, 6.45) is 1.39. The Morgan fingerprint density at radius 2 is 2.12 bits per heavy atom. The molecule has 0 atom stereocenters. The zero-order chi connectivity index (χ0) is 12.0. The lowest BCUT2D eigenvalue weighted by molar-refractivity contribution is 0.276. The Morgan fingerprint density at radius 3 is 2.75 bits per heavy atom. The highest BCUT2D eigenvalue weighted by atomic mass is 19.1. The predicted octanol–water partition coefficient (Wildman–Crippen LogP) is 2.79. The molecule has 0 aliphatic heterocycles. The van der Waals surface area contributed by atoms with Gasteiger partial charge >= 0.3 is 0 Å². The summed E-state index contributed by atoms with van der Waals surface area (Å²) in [7, 11) is 0. The van der Waals surface area contributed by atoms with Crippen molar-refractivity contribution in [1.82, 2.24) is 0 Å². The monoisotopic (exact) mass is 226 g/mol. The van der Waals surface area contributed by atoms with Gasteiger partial charge in [0.2, 0.25) is 0 Å². The van der Waals surface area contributed by atoms with Gasteiger partial charge in [0.05, 0.1) is 6.61 Å². The van der Waals surface area contributed by atoms with Crippen molar-refractivity contribution in [2.75, 3.05) is 13.2 Å². The highest BCUT2D eigenvalue weighted by Gasteiger charge is 2.05. The lowest BCUT2D eigenvalue weighted by atomic mass is 10.1. The largest absolute Gasteiger partial charge is 0.493 e. The van der Waals surface area contributed by atoms with Crippen molar-refractivity contribution in [3.8, 4) is 5.75 Å². The molecule has 0 aliphatic rings. The molecule has 1 aromatic carbocycles. The Labute approximate surface area is 96.1 Å². The molecule has 2 nitrogen and oxygen atoms in total. The molecule has 0 aromatic heterocycles. The third kappa shape index (κ3) is 4.19. The van der Waals surface area contributed by atoms with E-state index in [0.29, 0.717) is 24.7 Å². The van der Waals surface area contributed by atoms with Crippen molar-refractivity contribution in [1.29, 1.82) is 0 Å². The molecule has 16 heavy (non-hydrogen) atoms. The molecule has 90 valence electrons.